The Morgan fingerprint density at radius 1 is 1.21 bits per heavy atom. The van der Waals surface area contributed by atoms with E-state index in [1.807, 2.05) is 18.2 Å². The lowest BCUT2D eigenvalue weighted by molar-refractivity contribution is -0.154. The molecule has 0 bridgehead atoms. The van der Waals surface area contributed by atoms with E-state index in [0.29, 0.717) is 40.7 Å². The topological polar surface area (TPSA) is 101 Å². The second-order valence-corrected chi connectivity index (χ2v) is 9.72. The first-order valence-corrected chi connectivity index (χ1v) is 11.6. The molecule has 3 aromatic rings. The van der Waals surface area contributed by atoms with Crippen molar-refractivity contribution in [3.63, 3.8) is 0 Å². The Balaban J connectivity index is 1.30. The number of fused-ring (bicyclic) bond motifs is 1. The summed E-state index contributed by atoms with van der Waals surface area (Å²) in [6.07, 6.45) is 1.31. The Kier molecular flexibility index (Phi) is 5.66. The van der Waals surface area contributed by atoms with Gasteiger partial charge in [0, 0.05) is 24.3 Å². The number of carbonyl (C=O) groups is 1. The van der Waals surface area contributed by atoms with Gasteiger partial charge in [-0.25, -0.2) is 4.98 Å². The summed E-state index contributed by atoms with van der Waals surface area (Å²) in [5, 5.41) is 9.92. The van der Waals surface area contributed by atoms with Crippen LogP contribution in [0.2, 0.25) is 5.02 Å². The maximum atomic E-state index is 11.4. The van der Waals surface area contributed by atoms with Crippen molar-refractivity contribution < 1.29 is 19.4 Å². The third-order valence-electron chi connectivity index (χ3n) is 6.87. The third-order valence-corrected chi connectivity index (χ3v) is 7.15. The van der Waals surface area contributed by atoms with Crippen molar-refractivity contribution in [3.05, 3.63) is 35.4 Å². The number of carboxylic acid groups (broad SMARTS) is 1. The zero-order valence-corrected chi connectivity index (χ0v) is 19.4. The molecule has 1 aliphatic carbocycles. The maximum Gasteiger partial charge on any atom is 0.309 e. The van der Waals surface area contributed by atoms with E-state index >= 15 is 0 Å². The van der Waals surface area contributed by atoms with Gasteiger partial charge in [0.05, 0.1) is 34.9 Å². The number of morpholine rings is 1. The average molecular weight is 471 g/mol. The van der Waals surface area contributed by atoms with Crippen molar-refractivity contribution in [1.29, 1.82) is 0 Å². The zero-order valence-electron chi connectivity index (χ0n) is 18.7. The second-order valence-electron chi connectivity index (χ2n) is 9.31. The molecule has 1 saturated carbocycles. The Hall–Kier alpha value is -2.84. The molecule has 2 aromatic heterocycles. The van der Waals surface area contributed by atoms with Gasteiger partial charge in [-0.2, -0.15) is 4.98 Å². The number of ether oxygens (including phenoxy) is 2. The summed E-state index contributed by atoms with van der Waals surface area (Å²) in [4.78, 5) is 26.0. The van der Waals surface area contributed by atoms with Gasteiger partial charge in [0.15, 0.2) is 5.65 Å². The van der Waals surface area contributed by atoms with Gasteiger partial charge in [0.2, 0.25) is 0 Å². The number of hydrogen-bond donors (Lipinski definition) is 2. The number of H-pyrrole nitrogens is 1. The summed E-state index contributed by atoms with van der Waals surface area (Å²) in [6.45, 7) is 6.78. The number of aliphatic carboxylic acids is 1. The number of rotatable bonds is 6. The first kappa shape index (κ1) is 22.0. The number of nitrogens with one attached hydrogen (secondary N) is 1. The highest BCUT2D eigenvalue weighted by Gasteiger charge is 2.45. The highest BCUT2D eigenvalue weighted by molar-refractivity contribution is 6.33. The largest absolute Gasteiger partial charge is 0.481 e. The van der Waals surface area contributed by atoms with E-state index in [1.165, 1.54) is 0 Å². The van der Waals surface area contributed by atoms with Crippen LogP contribution >= 0.6 is 11.6 Å². The number of anilines is 1. The van der Waals surface area contributed by atoms with Gasteiger partial charge in [-0.15, -0.1) is 0 Å². The first-order valence-electron chi connectivity index (χ1n) is 11.2. The highest BCUT2D eigenvalue weighted by Crippen LogP contribution is 2.43. The van der Waals surface area contributed by atoms with Crippen LogP contribution in [0.15, 0.2) is 30.3 Å². The molecule has 0 amide bonds. The quantitative estimate of drug-likeness (QED) is 0.551. The first-order chi connectivity index (χ1) is 15.8. The molecule has 8 nitrogen and oxygen atoms in total. The van der Waals surface area contributed by atoms with Crippen molar-refractivity contribution in [3.8, 4) is 17.3 Å². The Morgan fingerprint density at radius 2 is 1.91 bits per heavy atom. The van der Waals surface area contributed by atoms with E-state index in [1.54, 1.807) is 13.8 Å². The maximum absolute atomic E-state index is 11.4. The molecule has 174 valence electrons. The number of hydrogen-bond acceptors (Lipinski definition) is 6. The highest BCUT2D eigenvalue weighted by atomic mass is 35.5. The van der Waals surface area contributed by atoms with Crippen LogP contribution < -0.4 is 9.64 Å². The molecule has 0 unspecified atom stereocenters. The molecular formula is C24H27ClN4O4. The van der Waals surface area contributed by atoms with E-state index in [4.69, 9.17) is 21.1 Å². The number of aromatic amines is 1. The molecule has 2 fully saturated rings. The monoisotopic (exact) mass is 470 g/mol. The van der Waals surface area contributed by atoms with E-state index in [-0.39, 0.29) is 12.0 Å². The third kappa shape index (κ3) is 4.25. The molecule has 2 N–H and O–H groups in total. The summed E-state index contributed by atoms with van der Waals surface area (Å²) in [5.41, 5.74) is 3.22. The van der Waals surface area contributed by atoms with Gasteiger partial charge < -0.3 is 24.5 Å². The van der Waals surface area contributed by atoms with Gasteiger partial charge in [-0.3, -0.25) is 4.79 Å². The standard InChI is InChI=1S/C24H27ClN4O4/c1-24(2,22(30)31)15-11-17(12-15)33-23-26-19-13-18(25)20(27-21(19)28-23)14-3-5-16(6-4-14)29-7-9-32-10-8-29/h3-6,13,15,17H,7-12H2,1-2H3,(H,30,31)(H,26,27,28)/t15-,17+. The summed E-state index contributed by atoms with van der Waals surface area (Å²) in [5.74, 6) is -0.692. The smallest absolute Gasteiger partial charge is 0.309 e. The fourth-order valence-corrected chi connectivity index (χ4v) is 4.65. The van der Waals surface area contributed by atoms with Crippen molar-refractivity contribution >= 4 is 34.4 Å². The van der Waals surface area contributed by atoms with Gasteiger partial charge in [-0.05, 0) is 50.8 Å². The Morgan fingerprint density at radius 3 is 2.58 bits per heavy atom. The minimum atomic E-state index is -0.779. The fourth-order valence-electron chi connectivity index (χ4n) is 4.39. The second kappa shape index (κ2) is 8.50. The van der Waals surface area contributed by atoms with E-state index in [0.717, 1.165) is 37.6 Å². The predicted octanol–water partition coefficient (Wildman–Crippen LogP) is 4.38. The van der Waals surface area contributed by atoms with Crippen molar-refractivity contribution in [2.75, 3.05) is 31.2 Å². The molecule has 33 heavy (non-hydrogen) atoms. The number of carboxylic acids is 1. The van der Waals surface area contributed by atoms with Gasteiger partial charge in [0.25, 0.3) is 6.01 Å². The number of benzene rings is 1. The van der Waals surface area contributed by atoms with Crippen LogP contribution in [0.5, 0.6) is 6.01 Å². The number of pyridine rings is 1. The predicted molar refractivity (Wildman–Crippen MR) is 126 cm³/mol. The molecule has 5 rings (SSSR count). The van der Waals surface area contributed by atoms with Crippen molar-refractivity contribution in [2.45, 2.75) is 32.8 Å². The number of halogens is 1. The van der Waals surface area contributed by atoms with E-state index in [9.17, 15) is 9.90 Å². The van der Waals surface area contributed by atoms with Gasteiger partial charge in [-0.1, -0.05) is 23.7 Å². The van der Waals surface area contributed by atoms with Crippen LogP contribution in [-0.2, 0) is 9.53 Å². The normalized spacial score (nSPS) is 21.1. The number of imidazole rings is 1. The van der Waals surface area contributed by atoms with Crippen molar-refractivity contribution in [1.82, 2.24) is 15.0 Å². The van der Waals surface area contributed by atoms with Crippen molar-refractivity contribution in [2.24, 2.45) is 11.3 Å². The summed E-state index contributed by atoms with van der Waals surface area (Å²) in [6, 6.07) is 10.4. The minimum Gasteiger partial charge on any atom is -0.481 e. The SMILES string of the molecule is CC(C)(C(=O)O)[C@H]1C[C@@H](Oc2nc3nc(-c4ccc(N5CCOCC5)cc4)c(Cl)cc3[nH]2)C1. The molecule has 2 aliphatic rings. The lowest BCUT2D eigenvalue weighted by Gasteiger charge is -2.42. The minimum absolute atomic E-state index is 0.0585. The van der Waals surface area contributed by atoms with Gasteiger partial charge >= 0.3 is 5.97 Å². The summed E-state index contributed by atoms with van der Waals surface area (Å²) in [7, 11) is 0. The summed E-state index contributed by atoms with van der Waals surface area (Å²) >= 11 is 6.54. The van der Waals surface area contributed by atoms with Gasteiger partial charge in [0.1, 0.15) is 6.10 Å². The molecule has 3 heterocycles. The molecule has 1 saturated heterocycles. The summed E-state index contributed by atoms with van der Waals surface area (Å²) < 4.78 is 11.4. The lowest BCUT2D eigenvalue weighted by atomic mass is 9.66. The lowest BCUT2D eigenvalue weighted by Crippen LogP contribution is -2.45. The van der Waals surface area contributed by atoms with Crippen LogP contribution in [0.3, 0.4) is 0 Å². The zero-order chi connectivity index (χ0) is 23.2. The molecular weight excluding hydrogens is 444 g/mol. The van der Waals surface area contributed by atoms with Crippen LogP contribution in [0.4, 0.5) is 5.69 Å². The molecule has 1 aliphatic heterocycles. The van der Waals surface area contributed by atoms with Crippen LogP contribution in [0, 0.1) is 11.3 Å². The molecule has 0 atom stereocenters. The van der Waals surface area contributed by atoms with Crippen LogP contribution in [0.1, 0.15) is 26.7 Å². The Bertz CT molecular complexity index is 1170. The number of nitrogens with zero attached hydrogens (tertiary/aromatic N) is 3. The Labute approximate surface area is 196 Å². The average Bonchev–Trinajstić information content (AvgIpc) is 3.17. The molecule has 0 spiro atoms. The van der Waals surface area contributed by atoms with E-state index in [2.05, 4.69) is 32.0 Å². The molecule has 0 radical (unpaired) electrons. The van der Waals surface area contributed by atoms with Crippen LogP contribution in [-0.4, -0.2) is 58.4 Å². The fraction of sp³-hybridized carbons (Fsp3) is 0.458. The van der Waals surface area contributed by atoms with Crippen LogP contribution in [0.25, 0.3) is 22.4 Å². The number of aromatic nitrogens is 3. The van der Waals surface area contributed by atoms with E-state index < -0.39 is 11.4 Å². The molecule has 1 aromatic carbocycles. The molecule has 9 heteroatoms.